The van der Waals surface area contributed by atoms with Gasteiger partial charge in [0.15, 0.2) is 0 Å². The molecule has 1 N–H and O–H groups in total. The first kappa shape index (κ1) is 15.5. The summed E-state index contributed by atoms with van der Waals surface area (Å²) in [6.45, 7) is 5.29. The molecule has 0 unspecified atom stereocenters. The number of hydrogen-bond donors (Lipinski definition) is 1. The van der Waals surface area contributed by atoms with Gasteiger partial charge < -0.3 is 5.32 Å². The Morgan fingerprint density at radius 2 is 2.15 bits per heavy atom. The smallest absolute Gasteiger partial charge is 0.271 e. The van der Waals surface area contributed by atoms with Gasteiger partial charge in [0.2, 0.25) is 0 Å². The molecule has 4 heteroatoms. The quantitative estimate of drug-likeness (QED) is 0.874. The van der Waals surface area contributed by atoms with E-state index in [9.17, 15) is 4.79 Å². The minimum absolute atomic E-state index is 0.0764. The zero-order chi connectivity index (χ0) is 14.6. The van der Waals surface area contributed by atoms with E-state index in [0.717, 1.165) is 11.0 Å². The van der Waals surface area contributed by atoms with E-state index in [1.807, 2.05) is 12.1 Å². The maximum atomic E-state index is 12.2. The van der Waals surface area contributed by atoms with Gasteiger partial charge in [-0.1, -0.05) is 26.7 Å². The van der Waals surface area contributed by atoms with E-state index in [-0.39, 0.29) is 5.91 Å². The van der Waals surface area contributed by atoms with Crippen molar-refractivity contribution in [1.82, 2.24) is 10.3 Å². The second-order valence-electron chi connectivity index (χ2n) is 6.32. The molecular weight excluding hydrogens is 316 g/mol. The summed E-state index contributed by atoms with van der Waals surface area (Å²) in [6.07, 6.45) is 7.88. The Hall–Kier alpha value is -0.900. The van der Waals surface area contributed by atoms with Crippen molar-refractivity contribution in [2.24, 2.45) is 11.3 Å². The van der Waals surface area contributed by atoms with Crippen LogP contribution in [0.15, 0.2) is 22.8 Å². The maximum absolute atomic E-state index is 12.2. The zero-order valence-corrected chi connectivity index (χ0v) is 13.9. The van der Waals surface area contributed by atoms with Crippen molar-refractivity contribution < 1.29 is 4.79 Å². The highest BCUT2D eigenvalue weighted by Gasteiger charge is 2.34. The molecule has 0 aliphatic heterocycles. The molecule has 110 valence electrons. The third-order valence-corrected chi connectivity index (χ3v) is 4.74. The molecule has 3 nitrogen and oxygen atoms in total. The van der Waals surface area contributed by atoms with Crippen LogP contribution in [-0.2, 0) is 0 Å². The minimum Gasteiger partial charge on any atom is -0.350 e. The van der Waals surface area contributed by atoms with E-state index < -0.39 is 0 Å². The van der Waals surface area contributed by atoms with Gasteiger partial charge in [-0.3, -0.25) is 4.79 Å². The van der Waals surface area contributed by atoms with Gasteiger partial charge in [-0.2, -0.15) is 0 Å². The summed E-state index contributed by atoms with van der Waals surface area (Å²) in [6, 6.07) is 3.67. The van der Waals surface area contributed by atoms with E-state index >= 15 is 0 Å². The van der Waals surface area contributed by atoms with Crippen molar-refractivity contribution in [3.05, 3.63) is 28.5 Å². The van der Waals surface area contributed by atoms with Crippen LogP contribution in [0.3, 0.4) is 0 Å². The number of hydrogen-bond acceptors (Lipinski definition) is 2. The zero-order valence-electron chi connectivity index (χ0n) is 12.3. The number of carbonyl (C=O) groups is 1. The van der Waals surface area contributed by atoms with Gasteiger partial charge in [0.1, 0.15) is 5.69 Å². The summed E-state index contributed by atoms with van der Waals surface area (Å²) in [5.74, 6) is 0.596. The Labute approximate surface area is 129 Å². The van der Waals surface area contributed by atoms with Gasteiger partial charge in [0.25, 0.3) is 5.91 Å². The first-order valence-corrected chi connectivity index (χ1v) is 8.20. The minimum atomic E-state index is -0.0764. The second kappa shape index (κ2) is 6.70. The lowest BCUT2D eigenvalue weighted by Gasteiger charge is -2.31. The van der Waals surface area contributed by atoms with Crippen molar-refractivity contribution in [1.29, 1.82) is 0 Å². The summed E-state index contributed by atoms with van der Waals surface area (Å²) >= 11 is 3.38. The fourth-order valence-electron chi connectivity index (χ4n) is 3.35. The SMILES string of the molecule is CC(C)CC1(CNC(=O)c2ncccc2Br)CCCC1. The molecule has 1 aromatic heterocycles. The highest BCUT2D eigenvalue weighted by molar-refractivity contribution is 9.10. The fraction of sp³-hybridized carbons (Fsp3) is 0.625. The molecule has 1 aliphatic rings. The molecule has 0 bridgehead atoms. The molecule has 1 aromatic rings. The van der Waals surface area contributed by atoms with Crippen LogP contribution in [0.5, 0.6) is 0 Å². The normalized spacial score (nSPS) is 17.4. The van der Waals surface area contributed by atoms with Crippen LogP contribution in [0.1, 0.15) is 56.4 Å². The molecule has 0 aromatic carbocycles. The van der Waals surface area contributed by atoms with Crippen molar-refractivity contribution >= 4 is 21.8 Å². The van der Waals surface area contributed by atoms with Crippen LogP contribution in [0.25, 0.3) is 0 Å². The van der Waals surface area contributed by atoms with Gasteiger partial charge in [0, 0.05) is 17.2 Å². The molecule has 1 amide bonds. The Kier molecular flexibility index (Phi) is 5.19. The van der Waals surface area contributed by atoms with Crippen LogP contribution >= 0.6 is 15.9 Å². The molecule has 1 aliphatic carbocycles. The Morgan fingerprint density at radius 3 is 2.75 bits per heavy atom. The molecule has 2 rings (SSSR count). The van der Waals surface area contributed by atoms with Crippen molar-refractivity contribution in [2.45, 2.75) is 46.0 Å². The van der Waals surface area contributed by atoms with Gasteiger partial charge in [-0.05, 0) is 58.7 Å². The third kappa shape index (κ3) is 3.81. The van der Waals surface area contributed by atoms with E-state index in [2.05, 4.69) is 40.1 Å². The van der Waals surface area contributed by atoms with Crippen molar-refractivity contribution in [3.63, 3.8) is 0 Å². The number of aromatic nitrogens is 1. The number of halogens is 1. The molecule has 0 saturated heterocycles. The van der Waals surface area contributed by atoms with Crippen LogP contribution < -0.4 is 5.32 Å². The second-order valence-corrected chi connectivity index (χ2v) is 7.18. The molecular formula is C16H23BrN2O. The predicted octanol–water partition coefficient (Wildman–Crippen LogP) is 4.18. The van der Waals surface area contributed by atoms with Crippen LogP contribution in [-0.4, -0.2) is 17.4 Å². The molecule has 1 heterocycles. The monoisotopic (exact) mass is 338 g/mol. The van der Waals surface area contributed by atoms with Crippen LogP contribution in [0, 0.1) is 11.3 Å². The van der Waals surface area contributed by atoms with Crippen molar-refractivity contribution in [3.8, 4) is 0 Å². The lowest BCUT2D eigenvalue weighted by atomic mass is 9.78. The summed E-state index contributed by atoms with van der Waals surface area (Å²) in [7, 11) is 0. The van der Waals surface area contributed by atoms with E-state index in [1.54, 1.807) is 6.20 Å². The average molecular weight is 339 g/mol. The van der Waals surface area contributed by atoms with E-state index in [0.29, 0.717) is 17.0 Å². The number of nitrogens with zero attached hydrogens (tertiary/aromatic N) is 1. The van der Waals surface area contributed by atoms with Gasteiger partial charge in [-0.15, -0.1) is 0 Å². The average Bonchev–Trinajstić information content (AvgIpc) is 2.84. The van der Waals surface area contributed by atoms with Crippen LogP contribution in [0.2, 0.25) is 0 Å². The molecule has 1 saturated carbocycles. The molecule has 0 atom stereocenters. The largest absolute Gasteiger partial charge is 0.350 e. The van der Waals surface area contributed by atoms with E-state index in [1.165, 1.54) is 32.1 Å². The number of amides is 1. The summed E-state index contributed by atoms with van der Waals surface area (Å²) in [4.78, 5) is 16.4. The lowest BCUT2D eigenvalue weighted by molar-refractivity contribution is 0.0916. The standard InChI is InChI=1S/C16H23BrN2O/c1-12(2)10-16(7-3-4-8-16)11-19-15(20)14-13(17)6-5-9-18-14/h5-6,9,12H,3-4,7-8,10-11H2,1-2H3,(H,19,20). The maximum Gasteiger partial charge on any atom is 0.271 e. The Morgan fingerprint density at radius 1 is 1.45 bits per heavy atom. The Bertz CT molecular complexity index is 467. The van der Waals surface area contributed by atoms with Gasteiger partial charge >= 0.3 is 0 Å². The fourth-order valence-corrected chi connectivity index (χ4v) is 3.78. The summed E-state index contributed by atoms with van der Waals surface area (Å²) < 4.78 is 0.752. The number of nitrogens with one attached hydrogen (secondary N) is 1. The molecule has 0 spiro atoms. The molecule has 20 heavy (non-hydrogen) atoms. The number of pyridine rings is 1. The van der Waals surface area contributed by atoms with Crippen LogP contribution in [0.4, 0.5) is 0 Å². The number of carbonyl (C=O) groups excluding carboxylic acids is 1. The first-order chi connectivity index (χ1) is 9.52. The van der Waals surface area contributed by atoms with Gasteiger partial charge in [-0.25, -0.2) is 4.98 Å². The molecule has 0 radical (unpaired) electrons. The van der Waals surface area contributed by atoms with Crippen molar-refractivity contribution in [2.75, 3.05) is 6.54 Å². The molecule has 1 fully saturated rings. The topological polar surface area (TPSA) is 42.0 Å². The van der Waals surface area contributed by atoms with E-state index in [4.69, 9.17) is 0 Å². The highest BCUT2D eigenvalue weighted by atomic mass is 79.9. The van der Waals surface area contributed by atoms with Gasteiger partial charge in [0.05, 0.1) is 0 Å². The Balaban J connectivity index is 1.99. The predicted molar refractivity (Wildman–Crippen MR) is 84.6 cm³/mol. The number of rotatable bonds is 5. The summed E-state index contributed by atoms with van der Waals surface area (Å²) in [5, 5.41) is 3.10. The first-order valence-electron chi connectivity index (χ1n) is 7.41. The lowest BCUT2D eigenvalue weighted by Crippen LogP contribution is -2.37. The highest BCUT2D eigenvalue weighted by Crippen LogP contribution is 2.42. The summed E-state index contributed by atoms with van der Waals surface area (Å²) in [5.41, 5.74) is 0.774. The third-order valence-electron chi connectivity index (χ3n) is 4.10.